The van der Waals surface area contributed by atoms with E-state index in [0.717, 1.165) is 19.3 Å². The van der Waals surface area contributed by atoms with Crippen molar-refractivity contribution >= 4 is 5.97 Å². The van der Waals surface area contributed by atoms with Crippen molar-refractivity contribution in [1.29, 1.82) is 0 Å². The highest BCUT2D eigenvalue weighted by atomic mass is 16.5. The third-order valence-electron chi connectivity index (χ3n) is 3.62. The molecule has 1 unspecified atom stereocenters. The number of carbonyl (C=O) groups excluding carboxylic acids is 1. The average Bonchev–Trinajstić information content (AvgIpc) is 2.22. The summed E-state index contributed by atoms with van der Waals surface area (Å²) in [6, 6.07) is -0.106. The maximum atomic E-state index is 11.8. The third-order valence-corrected chi connectivity index (χ3v) is 3.62. The number of esters is 1. The molecule has 3 nitrogen and oxygen atoms in total. The molecule has 1 aliphatic carbocycles. The Morgan fingerprint density at radius 2 is 2.06 bits per heavy atom. The highest BCUT2D eigenvalue weighted by Crippen LogP contribution is 2.35. The van der Waals surface area contributed by atoms with Gasteiger partial charge < -0.3 is 4.74 Å². The van der Waals surface area contributed by atoms with Gasteiger partial charge in [0, 0.05) is 5.54 Å². The molecule has 0 aromatic carbocycles. The Balaban J connectivity index is 2.52. The van der Waals surface area contributed by atoms with Crippen LogP contribution in [-0.2, 0) is 9.53 Å². The first-order valence-electron chi connectivity index (χ1n) is 6.61. The van der Waals surface area contributed by atoms with Gasteiger partial charge in [0.25, 0.3) is 0 Å². The number of carbonyl (C=O) groups is 1. The van der Waals surface area contributed by atoms with Gasteiger partial charge in [0.1, 0.15) is 6.04 Å². The molecule has 1 saturated carbocycles. The van der Waals surface area contributed by atoms with Crippen LogP contribution in [0.5, 0.6) is 0 Å². The molecule has 0 amide bonds. The predicted octanol–water partition coefficient (Wildman–Crippen LogP) is 2.64. The minimum absolute atomic E-state index is 0.0796. The first-order valence-corrected chi connectivity index (χ1v) is 6.61. The zero-order valence-electron chi connectivity index (χ0n) is 10.8. The minimum Gasteiger partial charge on any atom is -0.465 e. The molecule has 94 valence electrons. The van der Waals surface area contributed by atoms with Crippen molar-refractivity contribution in [2.24, 2.45) is 0 Å². The smallest absolute Gasteiger partial charge is 0.323 e. The summed E-state index contributed by atoms with van der Waals surface area (Å²) < 4.78 is 5.11. The topological polar surface area (TPSA) is 38.3 Å². The molecule has 0 bridgehead atoms. The summed E-state index contributed by atoms with van der Waals surface area (Å²) in [6.45, 7) is 6.63. The molecule has 0 aromatic rings. The van der Waals surface area contributed by atoms with Gasteiger partial charge in [-0.25, -0.2) is 0 Å². The van der Waals surface area contributed by atoms with Gasteiger partial charge in [-0.2, -0.15) is 0 Å². The fourth-order valence-corrected chi connectivity index (χ4v) is 2.35. The maximum absolute atomic E-state index is 11.8. The Morgan fingerprint density at radius 1 is 1.38 bits per heavy atom. The van der Waals surface area contributed by atoms with Crippen molar-refractivity contribution in [3.63, 3.8) is 0 Å². The molecule has 0 heterocycles. The molecule has 0 spiro atoms. The Labute approximate surface area is 98.9 Å². The van der Waals surface area contributed by atoms with E-state index < -0.39 is 0 Å². The van der Waals surface area contributed by atoms with E-state index in [1.165, 1.54) is 19.3 Å². The van der Waals surface area contributed by atoms with E-state index in [-0.39, 0.29) is 17.6 Å². The Bertz CT molecular complexity index is 218. The van der Waals surface area contributed by atoms with Crippen molar-refractivity contribution in [2.45, 2.75) is 70.9 Å². The molecular weight excluding hydrogens is 202 g/mol. The van der Waals surface area contributed by atoms with E-state index in [1.807, 2.05) is 6.92 Å². The number of rotatable bonds is 7. The summed E-state index contributed by atoms with van der Waals surface area (Å²) in [7, 11) is 0. The van der Waals surface area contributed by atoms with Gasteiger partial charge >= 0.3 is 5.97 Å². The van der Waals surface area contributed by atoms with Crippen LogP contribution in [0.4, 0.5) is 0 Å². The Morgan fingerprint density at radius 3 is 2.44 bits per heavy atom. The van der Waals surface area contributed by atoms with Crippen molar-refractivity contribution in [1.82, 2.24) is 5.32 Å². The van der Waals surface area contributed by atoms with Crippen LogP contribution in [-0.4, -0.2) is 24.2 Å². The summed E-state index contributed by atoms with van der Waals surface area (Å²) in [6.07, 6.45) is 6.66. The van der Waals surface area contributed by atoms with Crippen LogP contribution in [0.1, 0.15) is 59.3 Å². The second-order valence-corrected chi connectivity index (χ2v) is 4.73. The zero-order chi connectivity index (χ0) is 12.0. The first-order chi connectivity index (χ1) is 7.67. The zero-order valence-corrected chi connectivity index (χ0v) is 10.8. The largest absolute Gasteiger partial charge is 0.465 e. The lowest BCUT2D eigenvalue weighted by Gasteiger charge is -2.44. The van der Waals surface area contributed by atoms with Crippen LogP contribution in [0.3, 0.4) is 0 Å². The van der Waals surface area contributed by atoms with E-state index in [1.54, 1.807) is 0 Å². The summed E-state index contributed by atoms with van der Waals surface area (Å²) >= 11 is 0. The van der Waals surface area contributed by atoms with Crippen LogP contribution in [0.15, 0.2) is 0 Å². The van der Waals surface area contributed by atoms with Gasteiger partial charge in [-0.05, 0) is 39.0 Å². The Hall–Kier alpha value is -0.570. The molecule has 1 aliphatic rings. The molecule has 0 aliphatic heterocycles. The fourth-order valence-electron chi connectivity index (χ4n) is 2.35. The molecule has 1 rings (SSSR count). The standard InChI is InChI=1S/C13H25NO2/c1-4-8-11(12(15)16-6-3)14-13(5-2)9-7-10-13/h11,14H,4-10H2,1-3H3. The van der Waals surface area contributed by atoms with E-state index in [4.69, 9.17) is 4.74 Å². The second kappa shape index (κ2) is 6.24. The van der Waals surface area contributed by atoms with E-state index in [9.17, 15) is 4.79 Å². The van der Waals surface area contributed by atoms with Crippen LogP contribution in [0.2, 0.25) is 0 Å². The number of hydrogen-bond donors (Lipinski definition) is 1. The normalized spacial score (nSPS) is 19.9. The first kappa shape index (κ1) is 13.5. The van der Waals surface area contributed by atoms with Crippen LogP contribution >= 0.6 is 0 Å². The van der Waals surface area contributed by atoms with Crippen LogP contribution in [0.25, 0.3) is 0 Å². The minimum atomic E-state index is -0.106. The molecule has 1 atom stereocenters. The van der Waals surface area contributed by atoms with Crippen molar-refractivity contribution < 1.29 is 9.53 Å². The highest BCUT2D eigenvalue weighted by Gasteiger charge is 2.38. The molecular formula is C13H25NO2. The SMILES string of the molecule is CCCC(NC1(CC)CCC1)C(=O)OCC. The van der Waals surface area contributed by atoms with Crippen LogP contribution < -0.4 is 5.32 Å². The summed E-state index contributed by atoms with van der Waals surface area (Å²) in [5.41, 5.74) is 0.215. The average molecular weight is 227 g/mol. The highest BCUT2D eigenvalue weighted by molar-refractivity contribution is 5.75. The summed E-state index contributed by atoms with van der Waals surface area (Å²) in [5, 5.41) is 3.53. The van der Waals surface area contributed by atoms with E-state index >= 15 is 0 Å². The van der Waals surface area contributed by atoms with Gasteiger partial charge in [0.2, 0.25) is 0 Å². The number of hydrogen-bond acceptors (Lipinski definition) is 3. The molecule has 0 saturated heterocycles. The van der Waals surface area contributed by atoms with E-state index in [0.29, 0.717) is 6.61 Å². The van der Waals surface area contributed by atoms with Gasteiger partial charge in [-0.1, -0.05) is 20.3 Å². The number of ether oxygens (including phenoxy) is 1. The molecule has 16 heavy (non-hydrogen) atoms. The monoisotopic (exact) mass is 227 g/mol. The summed E-state index contributed by atoms with van der Waals surface area (Å²) in [4.78, 5) is 11.8. The maximum Gasteiger partial charge on any atom is 0.323 e. The lowest BCUT2D eigenvalue weighted by atomic mass is 9.74. The summed E-state index contributed by atoms with van der Waals surface area (Å²) in [5.74, 6) is -0.0796. The van der Waals surface area contributed by atoms with Gasteiger partial charge in [0.05, 0.1) is 6.61 Å². The quantitative estimate of drug-likeness (QED) is 0.679. The van der Waals surface area contributed by atoms with Crippen molar-refractivity contribution in [3.05, 3.63) is 0 Å². The van der Waals surface area contributed by atoms with Crippen molar-refractivity contribution in [2.75, 3.05) is 6.61 Å². The molecule has 0 radical (unpaired) electrons. The predicted molar refractivity (Wildman–Crippen MR) is 65.3 cm³/mol. The molecule has 0 aromatic heterocycles. The van der Waals surface area contributed by atoms with Gasteiger partial charge in [-0.3, -0.25) is 10.1 Å². The Kier molecular flexibility index (Phi) is 5.26. The van der Waals surface area contributed by atoms with Crippen molar-refractivity contribution in [3.8, 4) is 0 Å². The van der Waals surface area contributed by atoms with Crippen LogP contribution in [0, 0.1) is 0 Å². The molecule has 3 heteroatoms. The van der Waals surface area contributed by atoms with E-state index in [2.05, 4.69) is 19.2 Å². The fraction of sp³-hybridized carbons (Fsp3) is 0.923. The van der Waals surface area contributed by atoms with Gasteiger partial charge in [-0.15, -0.1) is 0 Å². The number of nitrogens with one attached hydrogen (secondary N) is 1. The van der Waals surface area contributed by atoms with Gasteiger partial charge in [0.15, 0.2) is 0 Å². The molecule has 1 N–H and O–H groups in total. The second-order valence-electron chi connectivity index (χ2n) is 4.73. The molecule has 1 fully saturated rings. The third kappa shape index (κ3) is 3.21. The lowest BCUT2D eigenvalue weighted by Crippen LogP contribution is -2.57. The lowest BCUT2D eigenvalue weighted by molar-refractivity contribution is -0.147.